The fraction of sp³-hybridized carbons (Fsp3) is 0.0667. The van der Waals surface area contributed by atoms with E-state index in [4.69, 9.17) is 0 Å². The van der Waals surface area contributed by atoms with E-state index in [9.17, 15) is 10.2 Å². The van der Waals surface area contributed by atoms with Gasteiger partial charge in [0, 0.05) is 0 Å². The van der Waals surface area contributed by atoms with E-state index >= 15 is 0 Å². The minimum Gasteiger partial charge on any atom is -0.508 e. The number of phenolic OH excluding ortho intramolecular Hbond substituents is 2. The summed E-state index contributed by atoms with van der Waals surface area (Å²) in [6.07, 6.45) is 9.03. The molecule has 0 heterocycles. The summed E-state index contributed by atoms with van der Waals surface area (Å²) in [4.78, 5) is 0. The minimum absolute atomic E-state index is 0.237. The van der Waals surface area contributed by atoms with Crippen LogP contribution in [0.5, 0.6) is 11.5 Å². The highest BCUT2D eigenvalue weighted by molar-refractivity contribution is 5.59. The molecule has 0 saturated heterocycles. The third-order valence-electron chi connectivity index (χ3n) is 6.41. The van der Waals surface area contributed by atoms with Gasteiger partial charge in [-0.15, -0.1) is 0 Å². The Morgan fingerprint density at radius 3 is 0.938 bits per heavy atom. The number of hydrogen-bond donors (Lipinski definition) is 2. The van der Waals surface area contributed by atoms with Crippen LogP contribution in [0.1, 0.15) is 22.3 Å². The summed E-state index contributed by atoms with van der Waals surface area (Å²) in [5.74, 6) is 0.475. The van der Waals surface area contributed by atoms with Crippen LogP contribution in [0, 0.1) is 0 Å². The Labute approximate surface area is 188 Å². The van der Waals surface area contributed by atoms with Gasteiger partial charge in [0.25, 0.3) is 0 Å². The van der Waals surface area contributed by atoms with Gasteiger partial charge in [-0.3, -0.25) is 0 Å². The number of aromatic hydroxyl groups is 2. The van der Waals surface area contributed by atoms with Gasteiger partial charge in [0.1, 0.15) is 11.5 Å². The van der Waals surface area contributed by atoms with Crippen LogP contribution in [-0.4, -0.2) is 10.2 Å². The van der Waals surface area contributed by atoms with Crippen molar-refractivity contribution in [3.05, 3.63) is 156 Å². The number of rotatable bonds is 4. The van der Waals surface area contributed by atoms with Crippen molar-refractivity contribution >= 4 is 0 Å². The van der Waals surface area contributed by atoms with Crippen molar-refractivity contribution in [2.45, 2.75) is 10.8 Å². The molecule has 0 spiro atoms. The summed E-state index contributed by atoms with van der Waals surface area (Å²) in [7, 11) is 0. The molecule has 1 aliphatic rings. The number of phenols is 2. The van der Waals surface area contributed by atoms with Crippen molar-refractivity contribution in [3.8, 4) is 11.5 Å². The van der Waals surface area contributed by atoms with Crippen LogP contribution >= 0.6 is 0 Å². The largest absolute Gasteiger partial charge is 0.508 e. The average molecular weight is 417 g/mol. The second-order valence-electron chi connectivity index (χ2n) is 8.23. The maximum Gasteiger partial charge on any atom is 0.115 e. The SMILES string of the molecule is Oc1ccc(C2(c3ccc(O)cc3)C=CC(c3ccccc3)(c3ccccc3)C=C2)cc1. The fourth-order valence-corrected chi connectivity index (χ4v) is 4.64. The molecule has 0 aliphatic heterocycles. The lowest BCUT2D eigenvalue weighted by atomic mass is 9.64. The normalized spacial score (nSPS) is 16.0. The van der Waals surface area contributed by atoms with Crippen LogP contribution in [0.2, 0.25) is 0 Å². The first-order chi connectivity index (χ1) is 15.6. The maximum atomic E-state index is 9.86. The Morgan fingerprint density at radius 1 is 0.344 bits per heavy atom. The van der Waals surface area contributed by atoms with Gasteiger partial charge in [-0.1, -0.05) is 109 Å². The van der Waals surface area contributed by atoms with E-state index in [-0.39, 0.29) is 16.9 Å². The van der Waals surface area contributed by atoms with Crippen LogP contribution in [0.15, 0.2) is 133 Å². The van der Waals surface area contributed by atoms with Crippen molar-refractivity contribution in [2.24, 2.45) is 0 Å². The molecule has 1 aliphatic carbocycles. The maximum absolute atomic E-state index is 9.86. The third-order valence-corrected chi connectivity index (χ3v) is 6.41. The molecular formula is C30H24O2. The Hall–Kier alpha value is -4.04. The molecule has 0 saturated carbocycles. The lowest BCUT2D eigenvalue weighted by molar-refractivity contribution is 0.475. The summed E-state index contributed by atoms with van der Waals surface area (Å²) >= 11 is 0. The number of hydrogen-bond acceptors (Lipinski definition) is 2. The molecule has 0 radical (unpaired) electrons. The number of benzene rings is 4. The van der Waals surface area contributed by atoms with Crippen molar-refractivity contribution < 1.29 is 10.2 Å². The smallest absolute Gasteiger partial charge is 0.115 e. The summed E-state index contributed by atoms with van der Waals surface area (Å²) < 4.78 is 0. The molecule has 2 N–H and O–H groups in total. The van der Waals surface area contributed by atoms with Crippen LogP contribution < -0.4 is 0 Å². The fourth-order valence-electron chi connectivity index (χ4n) is 4.64. The predicted octanol–water partition coefficient (Wildman–Crippen LogP) is 6.50. The monoisotopic (exact) mass is 416 g/mol. The molecule has 5 rings (SSSR count). The van der Waals surface area contributed by atoms with Crippen molar-refractivity contribution in [3.63, 3.8) is 0 Å². The van der Waals surface area contributed by atoms with Crippen LogP contribution in [-0.2, 0) is 10.8 Å². The highest BCUT2D eigenvalue weighted by Crippen LogP contribution is 2.46. The first kappa shape index (κ1) is 19.9. The highest BCUT2D eigenvalue weighted by Gasteiger charge is 2.38. The molecule has 4 aromatic rings. The van der Waals surface area contributed by atoms with E-state index in [2.05, 4.69) is 72.8 Å². The third kappa shape index (κ3) is 3.30. The Kier molecular flexibility index (Phi) is 4.91. The zero-order valence-corrected chi connectivity index (χ0v) is 17.6. The molecule has 2 heteroatoms. The van der Waals surface area contributed by atoms with Crippen molar-refractivity contribution in [1.29, 1.82) is 0 Å². The first-order valence-corrected chi connectivity index (χ1v) is 10.7. The van der Waals surface area contributed by atoms with Gasteiger partial charge >= 0.3 is 0 Å². The second-order valence-corrected chi connectivity index (χ2v) is 8.23. The zero-order valence-electron chi connectivity index (χ0n) is 17.6. The van der Waals surface area contributed by atoms with E-state index in [1.54, 1.807) is 24.3 Å². The number of allylic oxidation sites excluding steroid dienone is 4. The van der Waals surface area contributed by atoms with Gasteiger partial charge in [-0.25, -0.2) is 0 Å². The predicted molar refractivity (Wildman–Crippen MR) is 129 cm³/mol. The summed E-state index contributed by atoms with van der Waals surface area (Å²) in [6, 6.07) is 35.7. The van der Waals surface area contributed by atoms with Gasteiger partial charge in [0.15, 0.2) is 0 Å². The topological polar surface area (TPSA) is 40.5 Å². The summed E-state index contributed by atoms with van der Waals surface area (Å²) in [5, 5.41) is 19.7. The standard InChI is InChI=1S/C30H24O2/c31-27-15-11-25(12-16-27)30(26-13-17-28(32)18-14-26)21-19-29(20-22-30,23-7-3-1-4-8-23)24-9-5-2-6-10-24/h1-22,31-32H. The van der Waals surface area contributed by atoms with E-state index in [0.29, 0.717) is 0 Å². The Morgan fingerprint density at radius 2 is 0.625 bits per heavy atom. The molecule has 0 unspecified atom stereocenters. The highest BCUT2D eigenvalue weighted by atomic mass is 16.3. The quantitative estimate of drug-likeness (QED) is 0.373. The second kappa shape index (κ2) is 7.90. The Bertz CT molecular complexity index is 1150. The molecule has 4 aromatic carbocycles. The van der Waals surface area contributed by atoms with Crippen LogP contribution in [0.3, 0.4) is 0 Å². The minimum atomic E-state index is -0.519. The zero-order chi connectivity index (χ0) is 22.0. The molecule has 32 heavy (non-hydrogen) atoms. The molecule has 0 amide bonds. The first-order valence-electron chi connectivity index (χ1n) is 10.7. The van der Waals surface area contributed by atoms with Crippen LogP contribution in [0.25, 0.3) is 0 Å². The van der Waals surface area contributed by atoms with Crippen molar-refractivity contribution in [1.82, 2.24) is 0 Å². The molecule has 2 nitrogen and oxygen atoms in total. The molecule has 0 fully saturated rings. The van der Waals surface area contributed by atoms with Crippen molar-refractivity contribution in [2.75, 3.05) is 0 Å². The van der Waals surface area contributed by atoms with E-state index in [1.807, 2.05) is 36.4 Å². The van der Waals surface area contributed by atoms with Crippen LogP contribution in [0.4, 0.5) is 0 Å². The van der Waals surface area contributed by atoms with Gasteiger partial charge in [0.05, 0.1) is 10.8 Å². The van der Waals surface area contributed by atoms with Gasteiger partial charge in [0.2, 0.25) is 0 Å². The molecule has 156 valence electrons. The average Bonchev–Trinajstić information content (AvgIpc) is 2.86. The van der Waals surface area contributed by atoms with Gasteiger partial charge < -0.3 is 10.2 Å². The lowest BCUT2D eigenvalue weighted by Gasteiger charge is -2.38. The molecule has 0 aromatic heterocycles. The molecule has 0 bridgehead atoms. The van der Waals surface area contributed by atoms with E-state index in [0.717, 1.165) is 11.1 Å². The van der Waals surface area contributed by atoms with Gasteiger partial charge in [-0.05, 0) is 46.5 Å². The van der Waals surface area contributed by atoms with E-state index < -0.39 is 5.41 Å². The van der Waals surface area contributed by atoms with Gasteiger partial charge in [-0.2, -0.15) is 0 Å². The molecule has 0 atom stereocenters. The summed E-state index contributed by atoms with van der Waals surface area (Å²) in [5.41, 5.74) is 3.58. The lowest BCUT2D eigenvalue weighted by Crippen LogP contribution is -2.32. The van der Waals surface area contributed by atoms with E-state index in [1.165, 1.54) is 11.1 Å². The summed E-state index contributed by atoms with van der Waals surface area (Å²) in [6.45, 7) is 0. The molecular weight excluding hydrogens is 392 g/mol. The Balaban J connectivity index is 1.71.